The molecule has 5 heteroatoms. The van der Waals surface area contributed by atoms with Gasteiger partial charge in [-0.05, 0) is 31.0 Å². The molecule has 1 amide bonds. The fraction of sp³-hybridized carbons (Fsp3) is 0.429. The van der Waals surface area contributed by atoms with Crippen LogP contribution in [0.4, 0.5) is 0 Å². The van der Waals surface area contributed by atoms with Crippen molar-refractivity contribution in [2.45, 2.75) is 32.2 Å². The first-order chi connectivity index (χ1) is 8.99. The SMILES string of the molecule is CCC(C(=O)N[C@@H](C)C(=O)O)c1ccc(OC)cc1. The molecular formula is C14H19NO4. The highest BCUT2D eigenvalue weighted by molar-refractivity contribution is 5.87. The van der Waals surface area contributed by atoms with Gasteiger partial charge in [0, 0.05) is 0 Å². The van der Waals surface area contributed by atoms with Crippen molar-refractivity contribution in [3.05, 3.63) is 29.8 Å². The zero-order chi connectivity index (χ0) is 14.4. The van der Waals surface area contributed by atoms with E-state index in [0.29, 0.717) is 6.42 Å². The molecule has 2 N–H and O–H groups in total. The van der Waals surface area contributed by atoms with Gasteiger partial charge < -0.3 is 15.2 Å². The smallest absolute Gasteiger partial charge is 0.325 e. The van der Waals surface area contributed by atoms with Gasteiger partial charge in [-0.15, -0.1) is 0 Å². The lowest BCUT2D eigenvalue weighted by molar-refractivity contribution is -0.141. The summed E-state index contributed by atoms with van der Waals surface area (Å²) in [5.74, 6) is -0.953. The highest BCUT2D eigenvalue weighted by Gasteiger charge is 2.22. The van der Waals surface area contributed by atoms with Gasteiger partial charge in [0.15, 0.2) is 0 Å². The van der Waals surface area contributed by atoms with E-state index in [4.69, 9.17) is 9.84 Å². The number of benzene rings is 1. The quantitative estimate of drug-likeness (QED) is 0.822. The summed E-state index contributed by atoms with van der Waals surface area (Å²) in [5, 5.41) is 11.3. The molecule has 1 aromatic rings. The van der Waals surface area contributed by atoms with Crippen molar-refractivity contribution >= 4 is 11.9 Å². The summed E-state index contributed by atoms with van der Waals surface area (Å²) in [6.07, 6.45) is 0.602. The number of rotatable bonds is 6. The van der Waals surface area contributed by atoms with E-state index in [1.807, 2.05) is 19.1 Å². The van der Waals surface area contributed by atoms with Crippen LogP contribution in [-0.4, -0.2) is 30.1 Å². The topological polar surface area (TPSA) is 75.6 Å². The highest BCUT2D eigenvalue weighted by Crippen LogP contribution is 2.22. The minimum atomic E-state index is -1.04. The Bertz CT molecular complexity index is 441. The van der Waals surface area contributed by atoms with Crippen LogP contribution in [0.15, 0.2) is 24.3 Å². The summed E-state index contributed by atoms with van der Waals surface area (Å²) >= 11 is 0. The summed E-state index contributed by atoms with van der Waals surface area (Å²) in [6.45, 7) is 3.33. The molecule has 0 saturated carbocycles. The van der Waals surface area contributed by atoms with E-state index >= 15 is 0 Å². The molecule has 1 aromatic carbocycles. The average Bonchev–Trinajstić information content (AvgIpc) is 2.40. The molecule has 2 atom stereocenters. The van der Waals surface area contributed by atoms with Gasteiger partial charge >= 0.3 is 5.97 Å². The Kier molecular flexibility index (Phi) is 5.36. The number of amides is 1. The summed E-state index contributed by atoms with van der Waals surface area (Å²) in [7, 11) is 1.58. The zero-order valence-corrected chi connectivity index (χ0v) is 11.3. The standard InChI is InChI=1S/C14H19NO4/c1-4-12(13(16)15-9(2)14(17)18)10-5-7-11(19-3)8-6-10/h5-9,12H,4H2,1-3H3,(H,15,16)(H,17,18)/t9-,12?/m0/s1. The maximum absolute atomic E-state index is 12.0. The van der Waals surface area contributed by atoms with Crippen LogP contribution in [-0.2, 0) is 9.59 Å². The average molecular weight is 265 g/mol. The Morgan fingerprint density at radius 3 is 2.32 bits per heavy atom. The van der Waals surface area contributed by atoms with Crippen LogP contribution in [0.5, 0.6) is 5.75 Å². The lowest BCUT2D eigenvalue weighted by atomic mass is 9.95. The Labute approximate surface area is 112 Å². The molecule has 0 bridgehead atoms. The van der Waals surface area contributed by atoms with Crippen LogP contribution in [0, 0.1) is 0 Å². The lowest BCUT2D eigenvalue weighted by Crippen LogP contribution is -2.40. The third kappa shape index (κ3) is 3.98. The van der Waals surface area contributed by atoms with Crippen LogP contribution in [0.25, 0.3) is 0 Å². The van der Waals surface area contributed by atoms with Gasteiger partial charge in [0.25, 0.3) is 0 Å². The largest absolute Gasteiger partial charge is 0.497 e. The zero-order valence-electron chi connectivity index (χ0n) is 11.3. The number of hydrogen-bond acceptors (Lipinski definition) is 3. The first-order valence-corrected chi connectivity index (χ1v) is 6.16. The molecule has 0 saturated heterocycles. The molecule has 0 radical (unpaired) electrons. The number of methoxy groups -OCH3 is 1. The third-order valence-electron chi connectivity index (χ3n) is 2.97. The van der Waals surface area contributed by atoms with Crippen molar-refractivity contribution in [3.63, 3.8) is 0 Å². The van der Waals surface area contributed by atoms with E-state index in [9.17, 15) is 9.59 Å². The van der Waals surface area contributed by atoms with Crippen molar-refractivity contribution < 1.29 is 19.4 Å². The van der Waals surface area contributed by atoms with E-state index in [2.05, 4.69) is 5.32 Å². The van der Waals surface area contributed by atoms with Crippen molar-refractivity contribution in [2.24, 2.45) is 0 Å². The van der Waals surface area contributed by atoms with E-state index in [-0.39, 0.29) is 11.8 Å². The first-order valence-electron chi connectivity index (χ1n) is 6.16. The van der Waals surface area contributed by atoms with E-state index in [1.54, 1.807) is 19.2 Å². The second kappa shape index (κ2) is 6.78. The van der Waals surface area contributed by atoms with Crippen LogP contribution < -0.4 is 10.1 Å². The number of ether oxygens (including phenoxy) is 1. The van der Waals surface area contributed by atoms with Gasteiger partial charge in [-0.25, -0.2) is 0 Å². The highest BCUT2D eigenvalue weighted by atomic mass is 16.5. The second-order valence-electron chi connectivity index (χ2n) is 4.30. The summed E-state index contributed by atoms with van der Waals surface area (Å²) in [5.41, 5.74) is 0.846. The molecule has 0 fully saturated rings. The van der Waals surface area contributed by atoms with Crippen LogP contribution in [0.1, 0.15) is 31.7 Å². The third-order valence-corrected chi connectivity index (χ3v) is 2.97. The number of nitrogens with one attached hydrogen (secondary N) is 1. The molecule has 1 rings (SSSR count). The van der Waals surface area contributed by atoms with Crippen molar-refractivity contribution in [2.75, 3.05) is 7.11 Å². The number of carboxylic acid groups (broad SMARTS) is 1. The Hall–Kier alpha value is -2.04. The van der Waals surface area contributed by atoms with Crippen molar-refractivity contribution in [3.8, 4) is 5.75 Å². The predicted octanol–water partition coefficient (Wildman–Crippen LogP) is 1.78. The molecule has 0 aromatic heterocycles. The van der Waals surface area contributed by atoms with Gasteiger partial charge in [-0.1, -0.05) is 19.1 Å². The first kappa shape index (κ1) is 15.0. The fourth-order valence-corrected chi connectivity index (χ4v) is 1.78. The monoisotopic (exact) mass is 265 g/mol. The molecule has 0 aliphatic carbocycles. The van der Waals surface area contributed by atoms with E-state index in [0.717, 1.165) is 11.3 Å². The van der Waals surface area contributed by atoms with Crippen molar-refractivity contribution in [1.82, 2.24) is 5.32 Å². The predicted molar refractivity (Wildman–Crippen MR) is 71.3 cm³/mol. The van der Waals surface area contributed by atoms with Crippen LogP contribution in [0.2, 0.25) is 0 Å². The van der Waals surface area contributed by atoms with Crippen molar-refractivity contribution in [1.29, 1.82) is 0 Å². The molecule has 0 aliphatic rings. The number of carbonyl (C=O) groups is 2. The molecule has 104 valence electrons. The summed E-state index contributed by atoms with van der Waals surface area (Å²) in [6, 6.07) is 6.31. The lowest BCUT2D eigenvalue weighted by Gasteiger charge is -2.17. The number of hydrogen-bond donors (Lipinski definition) is 2. The molecule has 1 unspecified atom stereocenters. The van der Waals surface area contributed by atoms with Crippen LogP contribution >= 0.6 is 0 Å². The molecule has 19 heavy (non-hydrogen) atoms. The Morgan fingerprint density at radius 2 is 1.89 bits per heavy atom. The number of aliphatic carboxylic acids is 1. The van der Waals surface area contributed by atoms with E-state index < -0.39 is 12.0 Å². The fourth-order valence-electron chi connectivity index (χ4n) is 1.78. The van der Waals surface area contributed by atoms with Gasteiger partial charge in [0.1, 0.15) is 11.8 Å². The maximum Gasteiger partial charge on any atom is 0.325 e. The molecule has 0 spiro atoms. The normalized spacial score (nSPS) is 13.4. The summed E-state index contributed by atoms with van der Waals surface area (Å²) < 4.78 is 5.06. The van der Waals surface area contributed by atoms with Gasteiger partial charge in [-0.2, -0.15) is 0 Å². The van der Waals surface area contributed by atoms with Gasteiger partial charge in [-0.3, -0.25) is 9.59 Å². The number of carboxylic acids is 1. The minimum absolute atomic E-state index is 0.275. The molecule has 0 heterocycles. The van der Waals surface area contributed by atoms with E-state index in [1.165, 1.54) is 6.92 Å². The Balaban J connectivity index is 2.81. The maximum atomic E-state index is 12.0. The second-order valence-corrected chi connectivity index (χ2v) is 4.30. The molecule has 0 aliphatic heterocycles. The molecule has 5 nitrogen and oxygen atoms in total. The minimum Gasteiger partial charge on any atom is -0.497 e. The van der Waals surface area contributed by atoms with Crippen LogP contribution in [0.3, 0.4) is 0 Å². The van der Waals surface area contributed by atoms with Gasteiger partial charge in [0.2, 0.25) is 5.91 Å². The Morgan fingerprint density at radius 1 is 1.32 bits per heavy atom. The molecular weight excluding hydrogens is 246 g/mol. The van der Waals surface area contributed by atoms with Gasteiger partial charge in [0.05, 0.1) is 13.0 Å². The number of carbonyl (C=O) groups excluding carboxylic acids is 1. The summed E-state index contributed by atoms with van der Waals surface area (Å²) in [4.78, 5) is 22.8.